The monoisotopic (exact) mass is 293 g/mol. The molecule has 0 aliphatic heterocycles. The molecule has 1 aliphatic carbocycles. The van der Waals surface area contributed by atoms with Crippen LogP contribution in [0.4, 0.5) is 0 Å². The number of aryl methyl sites for hydroxylation is 2. The van der Waals surface area contributed by atoms with Crippen LogP contribution in [0.5, 0.6) is 0 Å². The summed E-state index contributed by atoms with van der Waals surface area (Å²) in [5.41, 5.74) is 2.42. The summed E-state index contributed by atoms with van der Waals surface area (Å²) in [6, 6.07) is 2.59. The van der Waals surface area contributed by atoms with Crippen LogP contribution in [0.15, 0.2) is 6.07 Å². The molecule has 120 valence electrons. The lowest BCUT2D eigenvalue weighted by atomic mass is 9.77. The van der Waals surface area contributed by atoms with Crippen molar-refractivity contribution in [2.45, 2.75) is 77.5 Å². The number of rotatable bonds is 7. The SMILES string of the molecule is CCNC(Cc1cc(C)nn1CC)C1(OC)CCCCC1. The number of hydrogen-bond acceptors (Lipinski definition) is 3. The zero-order valence-corrected chi connectivity index (χ0v) is 14.1. The predicted molar refractivity (Wildman–Crippen MR) is 86.6 cm³/mol. The van der Waals surface area contributed by atoms with Crippen LogP contribution >= 0.6 is 0 Å². The van der Waals surface area contributed by atoms with E-state index in [2.05, 4.69) is 41.9 Å². The minimum atomic E-state index is -0.00892. The molecule has 4 heteroatoms. The molecule has 21 heavy (non-hydrogen) atoms. The van der Waals surface area contributed by atoms with Gasteiger partial charge in [-0.05, 0) is 39.3 Å². The minimum absolute atomic E-state index is 0.00892. The normalized spacial score (nSPS) is 19.6. The van der Waals surface area contributed by atoms with Crippen molar-refractivity contribution in [2.24, 2.45) is 0 Å². The molecule has 0 amide bonds. The third kappa shape index (κ3) is 3.67. The van der Waals surface area contributed by atoms with E-state index in [1.807, 2.05) is 7.11 Å². The van der Waals surface area contributed by atoms with Crippen molar-refractivity contribution in [1.82, 2.24) is 15.1 Å². The molecule has 1 aromatic heterocycles. The zero-order valence-electron chi connectivity index (χ0n) is 14.1. The largest absolute Gasteiger partial charge is 0.377 e. The van der Waals surface area contributed by atoms with E-state index in [9.17, 15) is 0 Å². The molecule has 1 heterocycles. The summed E-state index contributed by atoms with van der Waals surface area (Å²) in [7, 11) is 1.89. The molecular formula is C17H31N3O. The van der Waals surface area contributed by atoms with Gasteiger partial charge >= 0.3 is 0 Å². The van der Waals surface area contributed by atoms with Crippen LogP contribution in [0.2, 0.25) is 0 Å². The van der Waals surface area contributed by atoms with Gasteiger partial charge in [-0.1, -0.05) is 26.2 Å². The molecule has 0 bridgehead atoms. The first-order valence-corrected chi connectivity index (χ1v) is 8.47. The van der Waals surface area contributed by atoms with Crippen LogP contribution in [0.25, 0.3) is 0 Å². The highest BCUT2D eigenvalue weighted by Gasteiger charge is 2.40. The molecule has 0 spiro atoms. The summed E-state index contributed by atoms with van der Waals surface area (Å²) in [5.74, 6) is 0. The predicted octanol–water partition coefficient (Wildman–Crippen LogP) is 3.08. The second-order valence-corrected chi connectivity index (χ2v) is 6.24. The van der Waals surface area contributed by atoms with Crippen molar-refractivity contribution in [1.29, 1.82) is 0 Å². The van der Waals surface area contributed by atoms with E-state index in [0.29, 0.717) is 6.04 Å². The molecule has 0 radical (unpaired) electrons. The second kappa shape index (κ2) is 7.41. The van der Waals surface area contributed by atoms with Crippen molar-refractivity contribution in [3.8, 4) is 0 Å². The first-order valence-electron chi connectivity index (χ1n) is 8.47. The maximum absolute atomic E-state index is 6.05. The van der Waals surface area contributed by atoms with Crippen LogP contribution in [0, 0.1) is 6.92 Å². The maximum atomic E-state index is 6.05. The average Bonchev–Trinajstić information content (AvgIpc) is 2.87. The van der Waals surface area contributed by atoms with Crippen molar-refractivity contribution in [2.75, 3.05) is 13.7 Å². The van der Waals surface area contributed by atoms with E-state index >= 15 is 0 Å². The van der Waals surface area contributed by atoms with E-state index in [1.54, 1.807) is 0 Å². The molecule has 4 nitrogen and oxygen atoms in total. The van der Waals surface area contributed by atoms with Crippen molar-refractivity contribution >= 4 is 0 Å². The molecular weight excluding hydrogens is 262 g/mol. The fourth-order valence-corrected chi connectivity index (χ4v) is 3.78. The molecule has 2 rings (SSSR count). The van der Waals surface area contributed by atoms with Crippen LogP contribution in [-0.2, 0) is 17.7 Å². The van der Waals surface area contributed by atoms with Gasteiger partial charge in [0.15, 0.2) is 0 Å². The Morgan fingerprint density at radius 1 is 1.33 bits per heavy atom. The number of methoxy groups -OCH3 is 1. The van der Waals surface area contributed by atoms with Gasteiger partial charge in [0.1, 0.15) is 0 Å². The Balaban J connectivity index is 2.21. The number of nitrogens with one attached hydrogen (secondary N) is 1. The molecule has 0 aromatic carbocycles. The van der Waals surface area contributed by atoms with Gasteiger partial charge in [0, 0.05) is 31.8 Å². The molecule has 1 aliphatic rings. The van der Waals surface area contributed by atoms with Gasteiger partial charge in [-0.2, -0.15) is 5.10 Å². The molecule has 0 saturated heterocycles. The topological polar surface area (TPSA) is 39.1 Å². The Morgan fingerprint density at radius 2 is 2.05 bits per heavy atom. The summed E-state index contributed by atoms with van der Waals surface area (Å²) in [4.78, 5) is 0. The smallest absolute Gasteiger partial charge is 0.0834 e. The van der Waals surface area contributed by atoms with Crippen LogP contribution in [-0.4, -0.2) is 35.1 Å². The van der Waals surface area contributed by atoms with Gasteiger partial charge in [0.05, 0.1) is 11.3 Å². The Kier molecular flexibility index (Phi) is 5.82. The maximum Gasteiger partial charge on any atom is 0.0834 e. The van der Waals surface area contributed by atoms with Crippen molar-refractivity contribution < 1.29 is 4.74 Å². The summed E-state index contributed by atoms with van der Waals surface area (Å²) in [6.45, 7) is 8.33. The number of likely N-dealkylation sites (N-methyl/N-ethyl adjacent to an activating group) is 1. The number of nitrogens with zero attached hydrogens (tertiary/aromatic N) is 2. The lowest BCUT2D eigenvalue weighted by molar-refractivity contribution is -0.0673. The van der Waals surface area contributed by atoms with Gasteiger partial charge in [-0.25, -0.2) is 0 Å². The van der Waals surface area contributed by atoms with Crippen LogP contribution < -0.4 is 5.32 Å². The second-order valence-electron chi connectivity index (χ2n) is 6.24. The van der Waals surface area contributed by atoms with Gasteiger partial charge in [-0.15, -0.1) is 0 Å². The number of hydrogen-bond donors (Lipinski definition) is 1. The van der Waals surface area contributed by atoms with Crippen molar-refractivity contribution in [3.05, 3.63) is 17.5 Å². The average molecular weight is 293 g/mol. The van der Waals surface area contributed by atoms with Crippen molar-refractivity contribution in [3.63, 3.8) is 0 Å². The number of ether oxygens (including phenoxy) is 1. The van der Waals surface area contributed by atoms with Gasteiger partial charge in [0.2, 0.25) is 0 Å². The molecule has 1 atom stereocenters. The Morgan fingerprint density at radius 3 is 2.62 bits per heavy atom. The van der Waals surface area contributed by atoms with E-state index in [-0.39, 0.29) is 5.60 Å². The van der Waals surface area contributed by atoms with E-state index in [1.165, 1.54) is 37.8 Å². The fourth-order valence-electron chi connectivity index (χ4n) is 3.78. The Labute approximate surface area is 129 Å². The quantitative estimate of drug-likeness (QED) is 0.839. The Hall–Kier alpha value is -0.870. The van der Waals surface area contributed by atoms with Crippen LogP contribution in [0.3, 0.4) is 0 Å². The number of aromatic nitrogens is 2. The summed E-state index contributed by atoms with van der Waals surface area (Å²) in [5, 5.41) is 8.27. The standard InChI is InChI=1S/C17H31N3O/c1-5-18-16(17(21-4)10-8-7-9-11-17)13-15-12-14(3)19-20(15)6-2/h12,16,18H,5-11,13H2,1-4H3. The van der Waals surface area contributed by atoms with Gasteiger partial charge < -0.3 is 10.1 Å². The Bertz CT molecular complexity index is 435. The lowest BCUT2D eigenvalue weighted by Gasteiger charge is -2.43. The van der Waals surface area contributed by atoms with E-state index < -0.39 is 0 Å². The molecule has 1 N–H and O–H groups in total. The zero-order chi connectivity index (χ0) is 15.3. The molecule has 1 aromatic rings. The minimum Gasteiger partial charge on any atom is -0.377 e. The van der Waals surface area contributed by atoms with E-state index in [0.717, 1.165) is 25.2 Å². The molecule has 1 unspecified atom stereocenters. The first-order chi connectivity index (χ1) is 10.1. The summed E-state index contributed by atoms with van der Waals surface area (Å²) < 4.78 is 8.18. The van der Waals surface area contributed by atoms with Gasteiger partial charge in [0.25, 0.3) is 0 Å². The third-order valence-electron chi connectivity index (χ3n) is 4.89. The first kappa shape index (κ1) is 16.5. The molecule has 1 saturated carbocycles. The highest BCUT2D eigenvalue weighted by molar-refractivity contribution is 5.13. The van der Waals surface area contributed by atoms with Crippen LogP contribution in [0.1, 0.15) is 57.3 Å². The van der Waals surface area contributed by atoms with E-state index in [4.69, 9.17) is 4.74 Å². The summed E-state index contributed by atoms with van der Waals surface area (Å²) >= 11 is 0. The highest BCUT2D eigenvalue weighted by Crippen LogP contribution is 2.35. The fraction of sp³-hybridized carbons (Fsp3) is 0.824. The molecule has 1 fully saturated rings. The summed E-state index contributed by atoms with van der Waals surface area (Å²) in [6.07, 6.45) is 7.23. The third-order valence-corrected chi connectivity index (χ3v) is 4.89. The van der Waals surface area contributed by atoms with Gasteiger partial charge in [-0.3, -0.25) is 4.68 Å². The highest BCUT2D eigenvalue weighted by atomic mass is 16.5. The lowest BCUT2D eigenvalue weighted by Crippen LogP contribution is -2.54.